The molecule has 0 saturated carbocycles. The molecule has 0 bridgehead atoms. The van der Waals surface area contributed by atoms with Gasteiger partial charge in [0.05, 0.1) is 18.9 Å². The van der Waals surface area contributed by atoms with Crippen LogP contribution in [0.25, 0.3) is 11.1 Å². The van der Waals surface area contributed by atoms with E-state index in [1.54, 1.807) is 13.8 Å². The van der Waals surface area contributed by atoms with Crippen LogP contribution in [0.15, 0.2) is 10.9 Å². The molecular formula is C11H14N4O4. The predicted octanol–water partition coefficient (Wildman–Crippen LogP) is 0.262. The molecule has 0 spiro atoms. The number of aliphatic hydroxyl groups excluding tert-OH is 1. The Morgan fingerprint density at radius 2 is 2.37 bits per heavy atom. The maximum Gasteiger partial charge on any atom is 0.331 e. The number of hydrogen-bond acceptors (Lipinski definition) is 8. The number of aromatic nitrogens is 3. The Hall–Kier alpha value is -2.22. The lowest BCUT2D eigenvalue weighted by molar-refractivity contribution is -0.144. The van der Waals surface area contributed by atoms with Gasteiger partial charge in [0, 0.05) is 0 Å². The van der Waals surface area contributed by atoms with Gasteiger partial charge < -0.3 is 19.7 Å². The number of hydrogen-bond donors (Lipinski definition) is 2. The van der Waals surface area contributed by atoms with Crippen LogP contribution in [0.5, 0.6) is 0 Å². The van der Waals surface area contributed by atoms with E-state index in [1.165, 1.54) is 6.33 Å². The zero-order valence-corrected chi connectivity index (χ0v) is 10.6. The SMILES string of the molecule is CCOC(=O)[C@H](CO)Nc1ncnc2onc(C)c12. The molecule has 2 N–H and O–H groups in total. The summed E-state index contributed by atoms with van der Waals surface area (Å²) in [7, 11) is 0. The molecule has 2 heterocycles. The van der Waals surface area contributed by atoms with Crippen molar-refractivity contribution in [2.45, 2.75) is 19.9 Å². The maximum atomic E-state index is 11.6. The van der Waals surface area contributed by atoms with Gasteiger partial charge in [0.15, 0.2) is 0 Å². The number of carbonyl (C=O) groups is 1. The van der Waals surface area contributed by atoms with E-state index in [4.69, 9.17) is 9.26 Å². The zero-order chi connectivity index (χ0) is 13.8. The lowest BCUT2D eigenvalue weighted by atomic mass is 10.2. The van der Waals surface area contributed by atoms with E-state index in [2.05, 4.69) is 20.4 Å². The number of nitrogens with zero attached hydrogens (tertiary/aromatic N) is 3. The summed E-state index contributed by atoms with van der Waals surface area (Å²) in [5.41, 5.74) is 0.911. The topological polar surface area (TPSA) is 110 Å². The number of esters is 1. The number of rotatable bonds is 5. The molecule has 0 aromatic carbocycles. The average Bonchev–Trinajstić information content (AvgIpc) is 2.79. The van der Waals surface area contributed by atoms with Crippen molar-refractivity contribution in [3.63, 3.8) is 0 Å². The fourth-order valence-electron chi connectivity index (χ4n) is 1.62. The van der Waals surface area contributed by atoms with Gasteiger partial charge in [0.2, 0.25) is 0 Å². The summed E-state index contributed by atoms with van der Waals surface area (Å²) in [6.45, 7) is 3.26. The third-order valence-electron chi connectivity index (χ3n) is 2.51. The first-order valence-corrected chi connectivity index (χ1v) is 5.78. The molecule has 2 rings (SSSR count). The van der Waals surface area contributed by atoms with E-state index in [1.807, 2.05) is 0 Å². The van der Waals surface area contributed by atoms with E-state index in [0.717, 1.165) is 0 Å². The van der Waals surface area contributed by atoms with Crippen LogP contribution in [0, 0.1) is 6.92 Å². The number of nitrogens with one attached hydrogen (secondary N) is 1. The summed E-state index contributed by atoms with van der Waals surface area (Å²) < 4.78 is 9.84. The molecule has 0 fully saturated rings. The predicted molar refractivity (Wildman–Crippen MR) is 65.5 cm³/mol. The van der Waals surface area contributed by atoms with Crippen molar-refractivity contribution in [1.82, 2.24) is 15.1 Å². The Balaban J connectivity index is 2.29. The second-order valence-corrected chi connectivity index (χ2v) is 3.80. The number of anilines is 1. The van der Waals surface area contributed by atoms with Crippen molar-refractivity contribution in [3.05, 3.63) is 12.0 Å². The second-order valence-electron chi connectivity index (χ2n) is 3.80. The van der Waals surface area contributed by atoms with E-state index in [-0.39, 0.29) is 6.61 Å². The first kappa shape index (κ1) is 13.2. The first-order chi connectivity index (χ1) is 9.17. The maximum absolute atomic E-state index is 11.6. The number of fused-ring (bicyclic) bond motifs is 1. The van der Waals surface area contributed by atoms with E-state index < -0.39 is 18.6 Å². The van der Waals surface area contributed by atoms with Gasteiger partial charge in [-0.2, -0.15) is 4.98 Å². The molecule has 0 unspecified atom stereocenters. The number of aryl methyl sites for hydroxylation is 1. The lowest BCUT2D eigenvalue weighted by Crippen LogP contribution is -2.35. The highest BCUT2D eigenvalue weighted by molar-refractivity contribution is 5.89. The van der Waals surface area contributed by atoms with Gasteiger partial charge in [0.1, 0.15) is 23.6 Å². The standard InChI is InChI=1S/C11H14N4O4/c1-3-18-11(17)7(4-16)14-9-8-6(2)15-19-10(8)13-5-12-9/h5,7,16H,3-4H2,1-2H3,(H,12,13,14)/t7-/m0/s1. The Bertz CT molecular complexity index is 583. The second kappa shape index (κ2) is 5.61. The molecule has 19 heavy (non-hydrogen) atoms. The molecule has 0 aliphatic carbocycles. The van der Waals surface area contributed by atoms with Gasteiger partial charge in [-0.05, 0) is 13.8 Å². The Labute approximate surface area is 108 Å². The normalized spacial score (nSPS) is 12.4. The molecule has 8 nitrogen and oxygen atoms in total. The van der Waals surface area contributed by atoms with Crippen LogP contribution >= 0.6 is 0 Å². The van der Waals surface area contributed by atoms with Gasteiger partial charge in [-0.25, -0.2) is 9.78 Å². The smallest absolute Gasteiger partial charge is 0.331 e. The van der Waals surface area contributed by atoms with Crippen molar-refractivity contribution in [3.8, 4) is 0 Å². The first-order valence-electron chi connectivity index (χ1n) is 5.78. The highest BCUT2D eigenvalue weighted by Crippen LogP contribution is 2.22. The van der Waals surface area contributed by atoms with Gasteiger partial charge in [-0.3, -0.25) is 0 Å². The molecule has 1 atom stereocenters. The molecule has 0 aliphatic rings. The molecule has 2 aromatic heterocycles. The third-order valence-corrected chi connectivity index (χ3v) is 2.51. The minimum absolute atomic E-state index is 0.239. The van der Waals surface area contributed by atoms with Gasteiger partial charge >= 0.3 is 5.97 Å². The molecule has 102 valence electrons. The average molecular weight is 266 g/mol. The monoisotopic (exact) mass is 266 g/mol. The van der Waals surface area contributed by atoms with Crippen molar-refractivity contribution in [2.75, 3.05) is 18.5 Å². The van der Waals surface area contributed by atoms with Crippen LogP contribution in [0.4, 0.5) is 5.82 Å². The summed E-state index contributed by atoms with van der Waals surface area (Å²) in [5, 5.41) is 16.4. The Morgan fingerprint density at radius 3 is 3.05 bits per heavy atom. The van der Waals surface area contributed by atoms with Crippen LogP contribution in [0.1, 0.15) is 12.6 Å². The largest absolute Gasteiger partial charge is 0.464 e. The van der Waals surface area contributed by atoms with E-state index in [0.29, 0.717) is 22.6 Å². The fourth-order valence-corrected chi connectivity index (χ4v) is 1.62. The number of carbonyl (C=O) groups excluding carboxylic acids is 1. The van der Waals surface area contributed by atoms with Crippen LogP contribution in [-0.4, -0.2) is 45.5 Å². The molecule has 2 aromatic rings. The Kier molecular flexibility index (Phi) is 3.91. The van der Waals surface area contributed by atoms with E-state index >= 15 is 0 Å². The van der Waals surface area contributed by atoms with Crippen molar-refractivity contribution in [2.24, 2.45) is 0 Å². The van der Waals surface area contributed by atoms with Crippen LogP contribution in [0.3, 0.4) is 0 Å². The molecule has 0 saturated heterocycles. The summed E-state index contributed by atoms with van der Waals surface area (Å²) in [6.07, 6.45) is 1.29. The van der Waals surface area contributed by atoms with Gasteiger partial charge in [-0.15, -0.1) is 0 Å². The molecule has 0 aliphatic heterocycles. The number of ether oxygens (including phenoxy) is 1. The van der Waals surface area contributed by atoms with Crippen LogP contribution < -0.4 is 5.32 Å². The zero-order valence-electron chi connectivity index (χ0n) is 10.6. The summed E-state index contributed by atoms with van der Waals surface area (Å²) in [4.78, 5) is 19.6. The fraction of sp³-hybridized carbons (Fsp3) is 0.455. The summed E-state index contributed by atoms with van der Waals surface area (Å²) in [6, 6.07) is -0.896. The van der Waals surface area contributed by atoms with Crippen molar-refractivity contribution in [1.29, 1.82) is 0 Å². The summed E-state index contributed by atoms with van der Waals surface area (Å²) >= 11 is 0. The molecular weight excluding hydrogens is 252 g/mol. The quantitative estimate of drug-likeness (QED) is 0.741. The third kappa shape index (κ3) is 2.63. The molecule has 0 radical (unpaired) electrons. The highest BCUT2D eigenvalue weighted by atomic mass is 16.5. The van der Waals surface area contributed by atoms with E-state index in [9.17, 15) is 9.90 Å². The summed E-state index contributed by atoms with van der Waals surface area (Å²) in [5.74, 6) is -0.179. The van der Waals surface area contributed by atoms with Gasteiger partial charge in [0.25, 0.3) is 5.71 Å². The van der Waals surface area contributed by atoms with Crippen molar-refractivity contribution >= 4 is 22.9 Å². The van der Waals surface area contributed by atoms with Crippen LogP contribution in [-0.2, 0) is 9.53 Å². The number of aliphatic hydroxyl groups is 1. The molecule has 0 amide bonds. The minimum Gasteiger partial charge on any atom is -0.464 e. The van der Waals surface area contributed by atoms with Gasteiger partial charge in [-0.1, -0.05) is 5.16 Å². The Morgan fingerprint density at radius 1 is 1.58 bits per heavy atom. The highest BCUT2D eigenvalue weighted by Gasteiger charge is 2.21. The minimum atomic E-state index is -0.896. The van der Waals surface area contributed by atoms with Crippen molar-refractivity contribution < 1.29 is 19.2 Å². The molecule has 8 heteroatoms. The van der Waals surface area contributed by atoms with Crippen LogP contribution in [0.2, 0.25) is 0 Å². The lowest BCUT2D eigenvalue weighted by Gasteiger charge is -2.15.